The largest absolute Gasteiger partial charge is 0.465 e. The number of carbonyl (C=O) groups is 2. The first kappa shape index (κ1) is 23.7. The third-order valence-electron chi connectivity index (χ3n) is 4.24. The van der Waals surface area contributed by atoms with Gasteiger partial charge in [0.05, 0.1) is 19.4 Å². The highest BCUT2D eigenvalue weighted by Crippen LogP contribution is 2.08. The number of unbranched alkanes of at least 4 members (excludes halogenated alkanes) is 7. The molecule has 4 heteroatoms. The number of carbonyl (C=O) groups excluding carboxylic acids is 2. The summed E-state index contributed by atoms with van der Waals surface area (Å²) >= 11 is 0. The van der Waals surface area contributed by atoms with E-state index in [2.05, 4.69) is 19.9 Å². The predicted octanol–water partition coefficient (Wildman–Crippen LogP) is 5.60. The molecule has 1 atom stereocenters. The lowest BCUT2D eigenvalue weighted by Gasteiger charge is -2.09. The zero-order valence-electron chi connectivity index (χ0n) is 16.6. The van der Waals surface area contributed by atoms with Crippen LogP contribution in [-0.4, -0.2) is 25.2 Å². The maximum atomic E-state index is 11.5. The molecule has 0 amide bonds. The van der Waals surface area contributed by atoms with Gasteiger partial charge in [-0.05, 0) is 18.8 Å². The van der Waals surface area contributed by atoms with E-state index in [-0.39, 0.29) is 31.4 Å². The van der Waals surface area contributed by atoms with Crippen molar-refractivity contribution >= 4 is 11.9 Å². The number of hydrogen-bond donors (Lipinski definition) is 0. The Hall–Kier alpha value is -1.32. The van der Waals surface area contributed by atoms with Crippen molar-refractivity contribution < 1.29 is 19.1 Å². The lowest BCUT2D eigenvalue weighted by molar-refractivity contribution is -0.150. The van der Waals surface area contributed by atoms with Crippen LogP contribution < -0.4 is 0 Å². The van der Waals surface area contributed by atoms with Gasteiger partial charge in [-0.2, -0.15) is 0 Å². The number of ether oxygens (including phenoxy) is 2. The third kappa shape index (κ3) is 17.3. The van der Waals surface area contributed by atoms with Gasteiger partial charge in [-0.15, -0.1) is 0 Å². The van der Waals surface area contributed by atoms with Crippen LogP contribution in [0.3, 0.4) is 0 Å². The first-order valence-electron chi connectivity index (χ1n) is 10.1. The summed E-state index contributed by atoms with van der Waals surface area (Å²) in [6.07, 6.45) is 15.3. The van der Waals surface area contributed by atoms with Gasteiger partial charge < -0.3 is 9.47 Å². The average molecular weight is 355 g/mol. The van der Waals surface area contributed by atoms with Crippen molar-refractivity contribution in [2.45, 2.75) is 91.4 Å². The minimum atomic E-state index is -0.346. The second-order valence-electron chi connectivity index (χ2n) is 6.76. The Labute approximate surface area is 154 Å². The standard InChI is InChI=1S/C21H38O4/c1-4-6-7-8-9-10-11-12-13-14-17-24-20(22)15-16-21(23)25-18-19(3)5-2/h13-14,19H,4-12,15-18H2,1-3H3/b14-13+. The molecular formula is C21H38O4. The van der Waals surface area contributed by atoms with Crippen molar-refractivity contribution in [3.8, 4) is 0 Å². The van der Waals surface area contributed by atoms with Crippen LogP contribution in [0.2, 0.25) is 0 Å². The Balaban J connectivity index is 3.46. The van der Waals surface area contributed by atoms with Crippen molar-refractivity contribution in [1.29, 1.82) is 0 Å². The molecule has 0 saturated heterocycles. The van der Waals surface area contributed by atoms with E-state index in [4.69, 9.17) is 9.47 Å². The monoisotopic (exact) mass is 354 g/mol. The smallest absolute Gasteiger partial charge is 0.306 e. The van der Waals surface area contributed by atoms with Crippen LogP contribution in [0.4, 0.5) is 0 Å². The Kier molecular flexibility index (Phi) is 16.6. The summed E-state index contributed by atoms with van der Waals surface area (Å²) in [4.78, 5) is 23.0. The Morgan fingerprint density at radius 1 is 0.840 bits per heavy atom. The van der Waals surface area contributed by atoms with Crippen molar-refractivity contribution in [1.82, 2.24) is 0 Å². The summed E-state index contributed by atoms with van der Waals surface area (Å²) in [5.41, 5.74) is 0. The van der Waals surface area contributed by atoms with Gasteiger partial charge in [0.25, 0.3) is 0 Å². The highest BCUT2D eigenvalue weighted by atomic mass is 16.5. The Morgan fingerprint density at radius 3 is 2.08 bits per heavy atom. The van der Waals surface area contributed by atoms with Gasteiger partial charge in [0, 0.05) is 0 Å². The lowest BCUT2D eigenvalue weighted by atomic mass is 10.1. The van der Waals surface area contributed by atoms with E-state index in [1.165, 1.54) is 44.9 Å². The van der Waals surface area contributed by atoms with E-state index in [0.29, 0.717) is 12.5 Å². The fourth-order valence-electron chi connectivity index (χ4n) is 2.25. The normalized spacial score (nSPS) is 12.3. The van der Waals surface area contributed by atoms with Crippen molar-refractivity contribution in [2.24, 2.45) is 5.92 Å². The quantitative estimate of drug-likeness (QED) is 0.206. The van der Waals surface area contributed by atoms with Gasteiger partial charge in [0.2, 0.25) is 0 Å². The Morgan fingerprint density at radius 2 is 1.44 bits per heavy atom. The molecule has 0 bridgehead atoms. The molecule has 0 aromatic heterocycles. The topological polar surface area (TPSA) is 52.6 Å². The van der Waals surface area contributed by atoms with Gasteiger partial charge in [-0.3, -0.25) is 9.59 Å². The van der Waals surface area contributed by atoms with Crippen LogP contribution >= 0.6 is 0 Å². The maximum absolute atomic E-state index is 11.5. The lowest BCUT2D eigenvalue weighted by Crippen LogP contribution is -2.13. The highest BCUT2D eigenvalue weighted by Gasteiger charge is 2.10. The summed E-state index contributed by atoms with van der Waals surface area (Å²) in [5.74, 6) is -0.315. The minimum absolute atomic E-state index is 0.0882. The molecule has 0 heterocycles. The summed E-state index contributed by atoms with van der Waals surface area (Å²) in [6, 6.07) is 0. The van der Waals surface area contributed by atoms with Crippen molar-refractivity contribution in [3.05, 3.63) is 12.2 Å². The molecule has 146 valence electrons. The van der Waals surface area contributed by atoms with E-state index in [0.717, 1.165) is 12.8 Å². The molecule has 0 fully saturated rings. The third-order valence-corrected chi connectivity index (χ3v) is 4.24. The first-order chi connectivity index (χ1) is 12.1. The summed E-state index contributed by atoms with van der Waals surface area (Å²) in [6.45, 7) is 7.03. The van der Waals surface area contributed by atoms with Gasteiger partial charge >= 0.3 is 11.9 Å². The number of rotatable bonds is 16. The van der Waals surface area contributed by atoms with Gasteiger partial charge in [0.1, 0.15) is 6.61 Å². The van der Waals surface area contributed by atoms with Gasteiger partial charge in [0.15, 0.2) is 0 Å². The number of hydrogen-bond acceptors (Lipinski definition) is 4. The highest BCUT2D eigenvalue weighted by molar-refractivity contribution is 5.77. The summed E-state index contributed by atoms with van der Waals surface area (Å²) in [5, 5.41) is 0. The van der Waals surface area contributed by atoms with E-state index < -0.39 is 0 Å². The SMILES string of the molecule is CCCCCCCCC/C=C/COC(=O)CCC(=O)OCC(C)CC. The van der Waals surface area contributed by atoms with Crippen LogP contribution in [-0.2, 0) is 19.1 Å². The molecule has 0 aromatic rings. The van der Waals surface area contributed by atoms with Crippen LogP contribution in [0.1, 0.15) is 91.4 Å². The molecular weight excluding hydrogens is 316 g/mol. The molecule has 0 radical (unpaired) electrons. The molecule has 4 nitrogen and oxygen atoms in total. The maximum Gasteiger partial charge on any atom is 0.306 e. The zero-order valence-corrected chi connectivity index (χ0v) is 16.6. The van der Waals surface area contributed by atoms with Gasteiger partial charge in [-0.1, -0.05) is 77.9 Å². The van der Waals surface area contributed by atoms with E-state index in [9.17, 15) is 9.59 Å². The molecule has 0 aliphatic heterocycles. The summed E-state index contributed by atoms with van der Waals surface area (Å²) in [7, 11) is 0. The fourth-order valence-corrected chi connectivity index (χ4v) is 2.25. The van der Waals surface area contributed by atoms with Crippen molar-refractivity contribution in [2.75, 3.05) is 13.2 Å². The summed E-state index contributed by atoms with van der Waals surface area (Å²) < 4.78 is 10.2. The molecule has 0 saturated carbocycles. The van der Waals surface area contributed by atoms with E-state index >= 15 is 0 Å². The molecule has 25 heavy (non-hydrogen) atoms. The molecule has 0 spiro atoms. The second-order valence-corrected chi connectivity index (χ2v) is 6.76. The average Bonchev–Trinajstić information content (AvgIpc) is 2.62. The molecule has 1 unspecified atom stereocenters. The first-order valence-corrected chi connectivity index (χ1v) is 10.1. The zero-order chi connectivity index (χ0) is 18.8. The predicted molar refractivity (Wildman–Crippen MR) is 102 cm³/mol. The molecule has 0 N–H and O–H groups in total. The van der Waals surface area contributed by atoms with Crippen LogP contribution in [0.5, 0.6) is 0 Å². The van der Waals surface area contributed by atoms with Gasteiger partial charge in [-0.25, -0.2) is 0 Å². The van der Waals surface area contributed by atoms with Crippen LogP contribution in [0.15, 0.2) is 12.2 Å². The van der Waals surface area contributed by atoms with Crippen LogP contribution in [0.25, 0.3) is 0 Å². The number of esters is 2. The van der Waals surface area contributed by atoms with E-state index in [1.54, 1.807) is 0 Å². The minimum Gasteiger partial charge on any atom is -0.465 e. The van der Waals surface area contributed by atoms with Crippen molar-refractivity contribution in [3.63, 3.8) is 0 Å². The second kappa shape index (κ2) is 17.5. The Bertz CT molecular complexity index is 363. The molecule has 0 rings (SSSR count). The fraction of sp³-hybridized carbons (Fsp3) is 0.810. The number of allylic oxidation sites excluding steroid dienone is 1. The van der Waals surface area contributed by atoms with E-state index in [1.807, 2.05) is 13.0 Å². The molecule has 0 aliphatic rings. The van der Waals surface area contributed by atoms with Crippen LogP contribution in [0, 0.1) is 5.92 Å². The molecule has 0 aromatic carbocycles. The molecule has 0 aliphatic carbocycles.